The number of nitrogens with zero attached hydrogens (tertiary/aromatic N) is 5. The number of urea groups is 1. The molecule has 3 aliphatic rings. The Balaban J connectivity index is 1.31. The first-order valence-corrected chi connectivity index (χ1v) is 11.8. The van der Waals surface area contributed by atoms with Crippen molar-refractivity contribution in [1.82, 2.24) is 20.0 Å². The number of rotatable bonds is 6. The number of imide groups is 1. The molecule has 5 rings (SSSR count). The molecule has 0 saturated carbocycles. The number of piperazine rings is 1. The molecule has 0 radical (unpaired) electrons. The second kappa shape index (κ2) is 9.83. The van der Waals surface area contributed by atoms with Crippen molar-refractivity contribution in [2.24, 2.45) is 4.99 Å². The third-order valence-corrected chi connectivity index (χ3v) is 6.62. The summed E-state index contributed by atoms with van der Waals surface area (Å²) >= 11 is 0. The van der Waals surface area contributed by atoms with Crippen LogP contribution in [0.1, 0.15) is 0 Å². The van der Waals surface area contributed by atoms with Crippen molar-refractivity contribution >= 4 is 23.6 Å². The van der Waals surface area contributed by atoms with Crippen molar-refractivity contribution in [3.05, 3.63) is 60.7 Å². The van der Waals surface area contributed by atoms with E-state index in [0.717, 1.165) is 13.1 Å². The number of aliphatic hydroxyl groups excluding tert-OH is 1. The molecule has 2 aromatic rings. The van der Waals surface area contributed by atoms with Gasteiger partial charge in [0.2, 0.25) is 0 Å². The van der Waals surface area contributed by atoms with E-state index in [9.17, 15) is 14.7 Å². The Morgan fingerprint density at radius 1 is 1.00 bits per heavy atom. The maximum atomic E-state index is 12.9. The Bertz CT molecular complexity index is 1070. The van der Waals surface area contributed by atoms with E-state index in [-0.39, 0.29) is 13.2 Å². The minimum absolute atomic E-state index is 0.0728. The molecule has 0 spiro atoms. The van der Waals surface area contributed by atoms with Crippen molar-refractivity contribution in [2.45, 2.75) is 18.3 Å². The number of aliphatic imine (C=N–C) groups is 1. The Hall–Kier alpha value is -3.79. The third-order valence-electron chi connectivity index (χ3n) is 6.62. The van der Waals surface area contributed by atoms with Gasteiger partial charge in [-0.25, -0.2) is 9.79 Å². The predicted molar refractivity (Wildman–Crippen MR) is 131 cm³/mol. The summed E-state index contributed by atoms with van der Waals surface area (Å²) < 4.78 is 5.72. The number of nitrogens with one attached hydrogen (secondary N) is 1. The van der Waals surface area contributed by atoms with Crippen molar-refractivity contribution in [3.8, 4) is 5.75 Å². The molecule has 35 heavy (non-hydrogen) atoms. The highest BCUT2D eigenvalue weighted by Gasteiger charge is 2.50. The Morgan fingerprint density at radius 3 is 2.31 bits per heavy atom. The van der Waals surface area contributed by atoms with Gasteiger partial charge in [0.15, 0.2) is 18.2 Å². The number of anilines is 1. The van der Waals surface area contributed by atoms with Gasteiger partial charge in [-0.2, -0.15) is 0 Å². The molecule has 3 aliphatic heterocycles. The Labute approximate surface area is 204 Å². The van der Waals surface area contributed by atoms with E-state index in [0.29, 0.717) is 24.8 Å². The zero-order valence-corrected chi connectivity index (χ0v) is 19.7. The lowest BCUT2D eigenvalue weighted by Gasteiger charge is -2.41. The summed E-state index contributed by atoms with van der Waals surface area (Å²) in [6.07, 6.45) is -1.50. The quantitative estimate of drug-likeness (QED) is 0.633. The topological polar surface area (TPSA) is 101 Å². The lowest BCUT2D eigenvalue weighted by Crippen LogP contribution is -2.65. The molecule has 2 saturated heterocycles. The zero-order valence-electron chi connectivity index (χ0n) is 19.7. The lowest BCUT2D eigenvalue weighted by atomic mass is 10.1. The summed E-state index contributed by atoms with van der Waals surface area (Å²) in [5, 5.41) is 13.2. The normalized spacial score (nSPS) is 23.1. The monoisotopic (exact) mass is 478 g/mol. The van der Waals surface area contributed by atoms with E-state index in [1.165, 1.54) is 10.6 Å². The number of aliphatic hydroxyl groups is 1. The highest BCUT2D eigenvalue weighted by Crippen LogP contribution is 2.27. The lowest BCUT2D eigenvalue weighted by molar-refractivity contribution is -0.127. The van der Waals surface area contributed by atoms with E-state index in [2.05, 4.69) is 27.2 Å². The van der Waals surface area contributed by atoms with Gasteiger partial charge < -0.3 is 29.4 Å². The van der Waals surface area contributed by atoms with Crippen LogP contribution in [0.3, 0.4) is 0 Å². The first-order chi connectivity index (χ1) is 17.0. The van der Waals surface area contributed by atoms with Gasteiger partial charge in [0.1, 0.15) is 18.5 Å². The smallest absolute Gasteiger partial charge is 0.325 e. The minimum Gasteiger partial charge on any atom is -0.491 e. The molecule has 2 aromatic carbocycles. The van der Waals surface area contributed by atoms with Crippen LogP contribution in [0, 0.1) is 0 Å². The van der Waals surface area contributed by atoms with Crippen LogP contribution in [-0.2, 0) is 4.79 Å². The Morgan fingerprint density at radius 2 is 1.63 bits per heavy atom. The number of ether oxygens (including phenoxy) is 1. The van der Waals surface area contributed by atoms with Crippen LogP contribution in [0.5, 0.6) is 5.75 Å². The van der Waals surface area contributed by atoms with Crippen molar-refractivity contribution in [2.75, 3.05) is 51.3 Å². The van der Waals surface area contributed by atoms with Crippen LogP contribution >= 0.6 is 0 Å². The fourth-order valence-corrected chi connectivity index (χ4v) is 4.76. The molecule has 10 nitrogen and oxygen atoms in total. The molecule has 2 fully saturated rings. The average Bonchev–Trinajstić information content (AvgIpc) is 3.27. The van der Waals surface area contributed by atoms with E-state index < -0.39 is 30.2 Å². The average molecular weight is 479 g/mol. The van der Waals surface area contributed by atoms with Crippen LogP contribution in [-0.4, -0.2) is 102 Å². The van der Waals surface area contributed by atoms with Crippen LogP contribution in [0.2, 0.25) is 0 Å². The number of amides is 3. The van der Waals surface area contributed by atoms with E-state index in [1.54, 1.807) is 7.05 Å². The molecule has 0 aliphatic carbocycles. The molecular formula is C25H30N6O4. The number of hydrogen-bond acceptors (Lipinski definition) is 8. The maximum Gasteiger partial charge on any atom is 0.325 e. The summed E-state index contributed by atoms with van der Waals surface area (Å²) in [6, 6.07) is 18.4. The Kier molecular flexibility index (Phi) is 6.45. The summed E-state index contributed by atoms with van der Waals surface area (Å²) in [5.41, 5.74) is 1.17. The number of benzene rings is 2. The standard InChI is InChI=1S/C25H30N6O4/c1-28-22-21(23(33)27-25(28)34)31(16-19(32)17-35-20-10-6-3-7-11-20)24(26-22)30-14-12-29(13-15-30)18-8-4-2-5-9-18/h2-11,19,21-22,32H,12-17H2,1H3,(H,27,33,34). The van der Waals surface area contributed by atoms with Crippen LogP contribution in [0.4, 0.5) is 10.5 Å². The van der Waals surface area contributed by atoms with Crippen LogP contribution in [0.25, 0.3) is 0 Å². The summed E-state index contributed by atoms with van der Waals surface area (Å²) in [6.45, 7) is 3.24. The van der Waals surface area contributed by atoms with Gasteiger partial charge in [-0.1, -0.05) is 36.4 Å². The number of carbonyl (C=O) groups excluding carboxylic acids is 2. The number of fused-ring (bicyclic) bond motifs is 1. The van der Waals surface area contributed by atoms with Crippen LogP contribution < -0.4 is 15.0 Å². The summed E-state index contributed by atoms with van der Waals surface area (Å²) in [5.74, 6) is 0.886. The maximum absolute atomic E-state index is 12.9. The highest BCUT2D eigenvalue weighted by atomic mass is 16.5. The van der Waals surface area contributed by atoms with Gasteiger partial charge in [0, 0.05) is 38.9 Å². The molecule has 3 atom stereocenters. The molecule has 3 unspecified atom stereocenters. The minimum atomic E-state index is -0.861. The molecule has 2 N–H and O–H groups in total. The van der Waals surface area contributed by atoms with Crippen molar-refractivity contribution < 1.29 is 19.4 Å². The first kappa shape index (κ1) is 23.0. The number of para-hydroxylation sites is 2. The predicted octanol–water partition coefficient (Wildman–Crippen LogP) is 0.796. The van der Waals surface area contributed by atoms with Gasteiger partial charge in [-0.15, -0.1) is 0 Å². The molecule has 10 heteroatoms. The fourth-order valence-electron chi connectivity index (χ4n) is 4.76. The first-order valence-electron chi connectivity index (χ1n) is 11.8. The number of likely N-dealkylation sites (N-methyl/N-ethyl adjacent to an activating group) is 1. The third kappa shape index (κ3) is 4.74. The molecular weight excluding hydrogens is 448 g/mol. The van der Waals surface area contributed by atoms with E-state index in [4.69, 9.17) is 9.73 Å². The van der Waals surface area contributed by atoms with Gasteiger partial charge in [-0.05, 0) is 24.3 Å². The van der Waals surface area contributed by atoms with E-state index in [1.807, 2.05) is 53.4 Å². The zero-order chi connectivity index (χ0) is 24.4. The van der Waals surface area contributed by atoms with Gasteiger partial charge in [0.05, 0.1) is 6.54 Å². The van der Waals surface area contributed by atoms with Crippen LogP contribution in [0.15, 0.2) is 65.7 Å². The number of hydrogen-bond donors (Lipinski definition) is 2. The number of β-amino-alcohol motifs (C(OH)–C–C–N with tert-alkyl or cyclic N) is 1. The second-order valence-corrected chi connectivity index (χ2v) is 8.93. The van der Waals surface area contributed by atoms with Crippen molar-refractivity contribution in [1.29, 1.82) is 0 Å². The summed E-state index contributed by atoms with van der Waals surface area (Å²) in [7, 11) is 1.63. The number of carbonyl (C=O) groups is 2. The van der Waals surface area contributed by atoms with Crippen molar-refractivity contribution in [3.63, 3.8) is 0 Å². The molecule has 184 valence electrons. The highest BCUT2D eigenvalue weighted by molar-refractivity contribution is 6.03. The molecule has 0 aromatic heterocycles. The van der Waals surface area contributed by atoms with Gasteiger partial charge in [0.25, 0.3) is 5.91 Å². The molecule has 3 heterocycles. The van der Waals surface area contributed by atoms with E-state index >= 15 is 0 Å². The largest absolute Gasteiger partial charge is 0.491 e. The van der Waals surface area contributed by atoms with Gasteiger partial charge >= 0.3 is 6.03 Å². The SMILES string of the molecule is CN1C(=O)NC(=O)C2C1N=C(N1CCN(c3ccccc3)CC1)N2CC(O)COc1ccccc1. The molecule has 3 amide bonds. The summed E-state index contributed by atoms with van der Waals surface area (Å²) in [4.78, 5) is 37.6. The van der Waals surface area contributed by atoms with Gasteiger partial charge in [-0.3, -0.25) is 10.1 Å². The molecule has 0 bridgehead atoms. The number of guanidine groups is 1. The fraction of sp³-hybridized carbons (Fsp3) is 0.400. The second-order valence-electron chi connectivity index (χ2n) is 8.93.